The van der Waals surface area contributed by atoms with E-state index in [-0.39, 0.29) is 11.8 Å². The van der Waals surface area contributed by atoms with Gasteiger partial charge >= 0.3 is 0 Å². The Labute approximate surface area is 316 Å². The molecule has 0 unspecified atom stereocenters. The number of benzene rings is 1. The second kappa shape index (κ2) is 19.6. The number of ether oxygens (including phenoxy) is 5. The molecule has 14 heteroatoms. The zero-order chi connectivity index (χ0) is 36.9. The maximum atomic E-state index is 14.3. The van der Waals surface area contributed by atoms with Crippen LogP contribution in [0.25, 0.3) is 11.0 Å². The molecule has 6 rings (SSSR count). The van der Waals surface area contributed by atoms with Crippen LogP contribution in [0.2, 0.25) is 5.02 Å². The summed E-state index contributed by atoms with van der Waals surface area (Å²) in [6.45, 7) is 9.54. The van der Waals surface area contributed by atoms with E-state index in [1.54, 1.807) is 17.3 Å². The quantitative estimate of drug-likeness (QED) is 0.105. The van der Waals surface area contributed by atoms with Gasteiger partial charge in [-0.05, 0) is 68.6 Å². The third kappa shape index (κ3) is 9.93. The lowest BCUT2D eigenvalue weighted by Crippen LogP contribution is -2.65. The highest BCUT2D eigenvalue weighted by molar-refractivity contribution is 6.31. The number of unbranched alkanes of at least 4 members (excludes halogenated alkanes) is 1. The topological polar surface area (TPSA) is 121 Å². The number of halogens is 1. The molecule has 13 nitrogen and oxygen atoms in total. The summed E-state index contributed by atoms with van der Waals surface area (Å²) in [7, 11) is 0. The molecule has 1 spiro atoms. The van der Waals surface area contributed by atoms with E-state index in [0.717, 1.165) is 60.6 Å². The van der Waals surface area contributed by atoms with Crippen molar-refractivity contribution in [2.45, 2.75) is 50.6 Å². The minimum absolute atomic E-state index is 0.00435. The molecule has 3 aromatic rings. The normalized spacial score (nSPS) is 16.5. The molecule has 0 saturated carbocycles. The highest BCUT2D eigenvalue weighted by Gasteiger charge is 2.59. The lowest BCUT2D eigenvalue weighted by molar-refractivity contribution is -0.144. The molecule has 0 bridgehead atoms. The van der Waals surface area contributed by atoms with Gasteiger partial charge in [-0.3, -0.25) is 14.6 Å². The highest BCUT2D eigenvalue weighted by Crippen LogP contribution is 2.47. The lowest BCUT2D eigenvalue weighted by atomic mass is 9.74. The Morgan fingerprint density at radius 3 is 2.26 bits per heavy atom. The number of nitrogens with zero attached hydrogens (tertiary/aromatic N) is 6. The molecule has 2 fully saturated rings. The number of fused-ring (bicyclic) bond motifs is 3. The van der Waals surface area contributed by atoms with Gasteiger partial charge in [0.15, 0.2) is 0 Å². The van der Waals surface area contributed by atoms with Crippen molar-refractivity contribution in [2.75, 3.05) is 104 Å². The van der Waals surface area contributed by atoms with Gasteiger partial charge in [-0.25, -0.2) is 4.98 Å². The number of imidazole rings is 1. The Hall–Kier alpha value is -3.61. The van der Waals surface area contributed by atoms with Crippen LogP contribution in [-0.4, -0.2) is 135 Å². The van der Waals surface area contributed by atoms with Crippen LogP contribution < -0.4 is 4.90 Å². The maximum Gasteiger partial charge on any atom is 0.241 e. The number of anilines is 1. The minimum Gasteiger partial charge on any atom is -0.379 e. The molecule has 286 valence electrons. The summed E-state index contributed by atoms with van der Waals surface area (Å²) in [6.07, 6.45) is 13.2. The molecule has 53 heavy (non-hydrogen) atoms. The summed E-state index contributed by atoms with van der Waals surface area (Å²) in [5, 5.41) is 0.609. The van der Waals surface area contributed by atoms with E-state index in [1.165, 1.54) is 12.8 Å². The number of carbonyl (C=O) groups excluding carboxylic acids is 2. The first-order chi connectivity index (χ1) is 26.0. The van der Waals surface area contributed by atoms with Gasteiger partial charge in [0.05, 0.1) is 82.3 Å². The fraction of sp³-hybridized carbons (Fsp3) is 0.590. The minimum atomic E-state index is -0.746. The van der Waals surface area contributed by atoms with E-state index >= 15 is 0 Å². The molecule has 2 saturated heterocycles. The van der Waals surface area contributed by atoms with Gasteiger partial charge in [0, 0.05) is 50.4 Å². The van der Waals surface area contributed by atoms with E-state index in [1.807, 2.05) is 29.2 Å². The Balaban J connectivity index is 0.950. The second-order valence-electron chi connectivity index (χ2n) is 13.6. The third-order valence-electron chi connectivity index (χ3n) is 10.1. The third-order valence-corrected chi connectivity index (χ3v) is 10.3. The molecule has 2 amide bonds. The molecule has 2 aromatic heterocycles. The Bertz CT molecular complexity index is 1700. The SMILES string of the molecule is C#CCOCCOCCOCCOCCOCCCCn1c(CN2C(=O)C3(CN(C(=O)CCN4CCCC4)C3)c3ccncc32)nc2cc(Cl)ccc21. The summed E-state index contributed by atoms with van der Waals surface area (Å²) < 4.78 is 29.6. The number of hydrogen-bond donors (Lipinski definition) is 0. The molecule has 1 aromatic carbocycles. The van der Waals surface area contributed by atoms with Crippen LogP contribution in [-0.2, 0) is 51.8 Å². The monoisotopic (exact) mass is 750 g/mol. The number of aryl methyl sites for hydroxylation is 1. The molecule has 0 aliphatic carbocycles. The van der Waals surface area contributed by atoms with Crippen molar-refractivity contribution < 1.29 is 33.3 Å². The number of pyridine rings is 1. The Kier molecular flexibility index (Phi) is 14.5. The van der Waals surface area contributed by atoms with Crippen LogP contribution in [0.4, 0.5) is 5.69 Å². The van der Waals surface area contributed by atoms with Gasteiger partial charge < -0.3 is 43.0 Å². The number of aromatic nitrogens is 3. The average molecular weight is 751 g/mol. The van der Waals surface area contributed by atoms with Gasteiger partial charge in [0.25, 0.3) is 0 Å². The van der Waals surface area contributed by atoms with Gasteiger partial charge in [0.2, 0.25) is 11.8 Å². The van der Waals surface area contributed by atoms with Crippen LogP contribution in [0.15, 0.2) is 36.7 Å². The molecule has 5 heterocycles. The van der Waals surface area contributed by atoms with E-state index in [0.29, 0.717) is 104 Å². The van der Waals surface area contributed by atoms with Gasteiger partial charge in [-0.1, -0.05) is 17.5 Å². The maximum absolute atomic E-state index is 14.3. The largest absolute Gasteiger partial charge is 0.379 e. The van der Waals surface area contributed by atoms with Crippen molar-refractivity contribution >= 4 is 40.1 Å². The predicted octanol–water partition coefficient (Wildman–Crippen LogP) is 3.69. The van der Waals surface area contributed by atoms with Crippen LogP contribution >= 0.6 is 11.6 Å². The number of amides is 2. The van der Waals surface area contributed by atoms with E-state index in [4.69, 9.17) is 46.7 Å². The fourth-order valence-electron chi connectivity index (χ4n) is 7.30. The van der Waals surface area contributed by atoms with E-state index in [2.05, 4.69) is 20.4 Å². The molecule has 3 aliphatic rings. The standard InChI is InChI=1S/C39H51ClN6O7/c1-2-16-49-18-20-51-22-24-53-25-23-52-21-19-50-17-6-5-14-45-34-8-7-31(40)26-33(34)42-36(45)28-46-35-27-41-11-9-32(35)39(38(46)48)29-44(30-39)37(47)10-15-43-12-3-4-13-43/h1,7-9,11,26-27H,3-6,10,12-25,28-30H2. The smallest absolute Gasteiger partial charge is 0.241 e. The fourth-order valence-corrected chi connectivity index (χ4v) is 7.47. The van der Waals surface area contributed by atoms with Crippen LogP contribution in [0.1, 0.15) is 43.5 Å². The van der Waals surface area contributed by atoms with Crippen LogP contribution in [0.3, 0.4) is 0 Å². The first kappa shape index (κ1) is 39.1. The first-order valence-corrected chi connectivity index (χ1v) is 19.1. The van der Waals surface area contributed by atoms with Crippen molar-refractivity contribution in [1.29, 1.82) is 0 Å². The van der Waals surface area contributed by atoms with Crippen LogP contribution in [0, 0.1) is 12.3 Å². The second-order valence-corrected chi connectivity index (χ2v) is 14.1. The molecule has 0 atom stereocenters. The molecular weight excluding hydrogens is 700 g/mol. The van der Waals surface area contributed by atoms with E-state index < -0.39 is 5.41 Å². The molecular formula is C39H51ClN6O7. The van der Waals surface area contributed by atoms with Crippen molar-refractivity contribution in [3.63, 3.8) is 0 Å². The predicted molar refractivity (Wildman–Crippen MR) is 201 cm³/mol. The van der Waals surface area contributed by atoms with Crippen LogP contribution in [0.5, 0.6) is 0 Å². The first-order valence-electron chi connectivity index (χ1n) is 18.7. The van der Waals surface area contributed by atoms with E-state index in [9.17, 15) is 9.59 Å². The average Bonchev–Trinajstić information content (AvgIpc) is 3.85. The zero-order valence-corrected chi connectivity index (χ0v) is 31.3. The Morgan fingerprint density at radius 1 is 0.887 bits per heavy atom. The number of terminal acetylenes is 1. The molecule has 3 aliphatic heterocycles. The number of hydrogen-bond acceptors (Lipinski definition) is 10. The number of likely N-dealkylation sites (tertiary alicyclic amines) is 2. The summed E-state index contributed by atoms with van der Waals surface area (Å²) in [6, 6.07) is 7.64. The zero-order valence-electron chi connectivity index (χ0n) is 30.5. The van der Waals surface area contributed by atoms with Crippen molar-refractivity contribution in [1.82, 2.24) is 24.3 Å². The number of rotatable bonds is 23. The molecule has 0 radical (unpaired) electrons. The van der Waals surface area contributed by atoms with Crippen molar-refractivity contribution in [3.05, 3.63) is 53.1 Å². The van der Waals surface area contributed by atoms with Crippen molar-refractivity contribution in [2.24, 2.45) is 0 Å². The number of carbonyl (C=O) groups is 2. The van der Waals surface area contributed by atoms with Crippen molar-refractivity contribution in [3.8, 4) is 12.3 Å². The van der Waals surface area contributed by atoms with Gasteiger partial charge in [-0.2, -0.15) is 0 Å². The molecule has 0 N–H and O–H groups in total. The summed E-state index contributed by atoms with van der Waals surface area (Å²) in [5.41, 5.74) is 2.73. The highest BCUT2D eigenvalue weighted by atomic mass is 35.5. The summed E-state index contributed by atoms with van der Waals surface area (Å²) in [4.78, 5) is 42.7. The lowest BCUT2D eigenvalue weighted by Gasteiger charge is -2.47. The Morgan fingerprint density at radius 2 is 1.57 bits per heavy atom. The summed E-state index contributed by atoms with van der Waals surface area (Å²) >= 11 is 6.36. The summed E-state index contributed by atoms with van der Waals surface area (Å²) in [5.74, 6) is 3.29. The van der Waals surface area contributed by atoms with Gasteiger partial charge in [-0.15, -0.1) is 6.42 Å². The van der Waals surface area contributed by atoms with Gasteiger partial charge in [0.1, 0.15) is 17.8 Å².